The Bertz CT molecular complexity index is 213. The fourth-order valence-electron chi connectivity index (χ4n) is 2.36. The minimum Gasteiger partial charge on any atom is -0.327 e. The first kappa shape index (κ1) is 12.7. The van der Waals surface area contributed by atoms with Gasteiger partial charge in [0.05, 0.1) is 0 Å². The van der Waals surface area contributed by atoms with E-state index in [1.807, 2.05) is 0 Å². The average molecular weight is 211 g/mol. The summed E-state index contributed by atoms with van der Waals surface area (Å²) in [5, 5.41) is 0. The van der Waals surface area contributed by atoms with Gasteiger partial charge < -0.3 is 5.73 Å². The average Bonchev–Trinajstić information content (AvgIpc) is 2.17. The number of hydrogen-bond acceptors (Lipinski definition) is 2. The molecule has 88 valence electrons. The molecule has 1 aliphatic carbocycles. The number of rotatable bonds is 4. The Morgan fingerprint density at radius 2 is 2.07 bits per heavy atom. The zero-order valence-corrected chi connectivity index (χ0v) is 10.3. The second kappa shape index (κ2) is 5.64. The van der Waals surface area contributed by atoms with Crippen molar-refractivity contribution in [1.82, 2.24) is 0 Å². The minimum absolute atomic E-state index is 0.0507. The third-order valence-electron chi connectivity index (χ3n) is 3.68. The van der Waals surface area contributed by atoms with Gasteiger partial charge in [-0.25, -0.2) is 0 Å². The highest BCUT2D eigenvalue weighted by Crippen LogP contribution is 2.30. The number of ketones is 1. The quantitative estimate of drug-likeness (QED) is 0.777. The van der Waals surface area contributed by atoms with Crippen LogP contribution in [0.25, 0.3) is 0 Å². The zero-order chi connectivity index (χ0) is 11.4. The number of nitrogens with two attached hydrogens (primary N) is 1. The van der Waals surface area contributed by atoms with Gasteiger partial charge in [-0.05, 0) is 24.7 Å². The van der Waals surface area contributed by atoms with Crippen molar-refractivity contribution >= 4 is 5.78 Å². The second-order valence-corrected chi connectivity index (χ2v) is 5.55. The van der Waals surface area contributed by atoms with Crippen LogP contribution in [0.1, 0.15) is 52.9 Å². The third-order valence-corrected chi connectivity index (χ3v) is 3.68. The lowest BCUT2D eigenvalue weighted by atomic mass is 9.78. The Labute approximate surface area is 93.6 Å². The van der Waals surface area contributed by atoms with Crippen molar-refractivity contribution in [2.75, 3.05) is 0 Å². The summed E-state index contributed by atoms with van der Waals surface area (Å²) in [5.74, 6) is 1.85. The number of carbonyl (C=O) groups excluding carboxylic acids is 1. The Balaban J connectivity index is 2.39. The van der Waals surface area contributed by atoms with Crippen molar-refractivity contribution in [2.45, 2.75) is 58.9 Å². The van der Waals surface area contributed by atoms with E-state index in [4.69, 9.17) is 5.73 Å². The standard InChI is InChI=1S/C13H25NO/c1-9(2)12(14)8-13(15)11-6-4-5-10(3)7-11/h9-12H,4-8,14H2,1-3H3. The fraction of sp³-hybridized carbons (Fsp3) is 0.923. The third kappa shape index (κ3) is 3.94. The van der Waals surface area contributed by atoms with Gasteiger partial charge in [-0.2, -0.15) is 0 Å². The fourth-order valence-corrected chi connectivity index (χ4v) is 2.36. The maximum Gasteiger partial charge on any atom is 0.137 e. The molecule has 1 saturated carbocycles. The lowest BCUT2D eigenvalue weighted by Gasteiger charge is -2.27. The molecule has 0 aliphatic heterocycles. The molecule has 0 aromatic rings. The Morgan fingerprint density at radius 3 is 2.60 bits per heavy atom. The zero-order valence-electron chi connectivity index (χ0n) is 10.3. The molecule has 0 spiro atoms. The van der Waals surface area contributed by atoms with Gasteiger partial charge in [-0.15, -0.1) is 0 Å². The Hall–Kier alpha value is -0.370. The topological polar surface area (TPSA) is 43.1 Å². The lowest BCUT2D eigenvalue weighted by molar-refractivity contribution is -0.124. The van der Waals surface area contributed by atoms with Crippen LogP contribution in [0.4, 0.5) is 0 Å². The van der Waals surface area contributed by atoms with Crippen LogP contribution in [0.3, 0.4) is 0 Å². The molecule has 2 heteroatoms. The molecule has 3 atom stereocenters. The van der Waals surface area contributed by atoms with Crippen LogP contribution in [-0.4, -0.2) is 11.8 Å². The Morgan fingerprint density at radius 1 is 1.40 bits per heavy atom. The lowest BCUT2D eigenvalue weighted by Crippen LogP contribution is -2.33. The van der Waals surface area contributed by atoms with E-state index in [1.165, 1.54) is 12.8 Å². The molecule has 15 heavy (non-hydrogen) atoms. The molecule has 2 N–H and O–H groups in total. The van der Waals surface area contributed by atoms with E-state index < -0.39 is 0 Å². The van der Waals surface area contributed by atoms with Gasteiger partial charge in [0, 0.05) is 18.4 Å². The van der Waals surface area contributed by atoms with Crippen molar-refractivity contribution in [3.05, 3.63) is 0 Å². The van der Waals surface area contributed by atoms with Crippen LogP contribution in [0.15, 0.2) is 0 Å². The summed E-state index contributed by atoms with van der Waals surface area (Å²) in [6, 6.07) is 0.0507. The number of carbonyl (C=O) groups is 1. The van der Waals surface area contributed by atoms with E-state index in [2.05, 4.69) is 20.8 Å². The maximum atomic E-state index is 12.0. The molecule has 1 rings (SSSR count). The number of hydrogen-bond donors (Lipinski definition) is 1. The summed E-state index contributed by atoms with van der Waals surface area (Å²) in [6.45, 7) is 6.42. The van der Waals surface area contributed by atoms with Gasteiger partial charge in [0.25, 0.3) is 0 Å². The molecule has 0 aromatic carbocycles. The number of Topliss-reactive ketones (excluding diaryl/α,β-unsaturated/α-hetero) is 1. The van der Waals surface area contributed by atoms with Gasteiger partial charge in [0.2, 0.25) is 0 Å². The highest BCUT2D eigenvalue weighted by atomic mass is 16.1. The molecule has 0 aromatic heterocycles. The van der Waals surface area contributed by atoms with E-state index in [9.17, 15) is 4.79 Å². The van der Waals surface area contributed by atoms with E-state index in [0.717, 1.165) is 18.8 Å². The maximum absolute atomic E-state index is 12.0. The summed E-state index contributed by atoms with van der Waals surface area (Å²) >= 11 is 0. The van der Waals surface area contributed by atoms with Crippen molar-refractivity contribution in [2.24, 2.45) is 23.5 Å². The van der Waals surface area contributed by atoms with Gasteiger partial charge in [0.15, 0.2) is 0 Å². The molecule has 3 unspecified atom stereocenters. The van der Waals surface area contributed by atoms with Crippen LogP contribution in [-0.2, 0) is 4.79 Å². The second-order valence-electron chi connectivity index (χ2n) is 5.55. The molecule has 0 saturated heterocycles. The Kier molecular flexibility index (Phi) is 4.78. The van der Waals surface area contributed by atoms with E-state index in [0.29, 0.717) is 24.0 Å². The first-order valence-corrected chi connectivity index (χ1v) is 6.29. The summed E-state index contributed by atoms with van der Waals surface area (Å²) in [4.78, 5) is 12.0. The molecule has 0 heterocycles. The van der Waals surface area contributed by atoms with E-state index in [1.54, 1.807) is 0 Å². The van der Waals surface area contributed by atoms with Crippen LogP contribution >= 0.6 is 0 Å². The first-order chi connectivity index (χ1) is 7.00. The van der Waals surface area contributed by atoms with E-state index in [-0.39, 0.29) is 6.04 Å². The summed E-state index contributed by atoms with van der Waals surface area (Å²) in [6.07, 6.45) is 5.27. The van der Waals surface area contributed by atoms with Gasteiger partial charge >= 0.3 is 0 Å². The van der Waals surface area contributed by atoms with Crippen molar-refractivity contribution in [3.8, 4) is 0 Å². The van der Waals surface area contributed by atoms with Crippen LogP contribution in [0.2, 0.25) is 0 Å². The molecule has 0 radical (unpaired) electrons. The van der Waals surface area contributed by atoms with Gasteiger partial charge in [0.1, 0.15) is 5.78 Å². The van der Waals surface area contributed by atoms with Gasteiger partial charge in [-0.3, -0.25) is 4.79 Å². The summed E-state index contributed by atoms with van der Waals surface area (Å²) in [7, 11) is 0. The van der Waals surface area contributed by atoms with Crippen LogP contribution in [0.5, 0.6) is 0 Å². The van der Waals surface area contributed by atoms with Crippen LogP contribution in [0, 0.1) is 17.8 Å². The predicted octanol–water partition coefficient (Wildman–Crippen LogP) is 2.76. The first-order valence-electron chi connectivity index (χ1n) is 6.29. The minimum atomic E-state index is 0.0507. The molecule has 1 aliphatic rings. The molecule has 1 fully saturated rings. The summed E-state index contributed by atoms with van der Waals surface area (Å²) < 4.78 is 0. The molecular formula is C13H25NO. The molecule has 0 amide bonds. The highest BCUT2D eigenvalue weighted by molar-refractivity contribution is 5.81. The normalized spacial score (nSPS) is 29.1. The molecule has 2 nitrogen and oxygen atoms in total. The van der Waals surface area contributed by atoms with Gasteiger partial charge in [-0.1, -0.05) is 33.6 Å². The summed E-state index contributed by atoms with van der Waals surface area (Å²) in [5.41, 5.74) is 5.94. The van der Waals surface area contributed by atoms with Crippen LogP contribution < -0.4 is 5.73 Å². The van der Waals surface area contributed by atoms with Crippen molar-refractivity contribution < 1.29 is 4.79 Å². The SMILES string of the molecule is CC1CCCC(C(=O)CC(N)C(C)C)C1. The predicted molar refractivity (Wildman–Crippen MR) is 63.6 cm³/mol. The van der Waals surface area contributed by atoms with Crippen molar-refractivity contribution in [3.63, 3.8) is 0 Å². The molecule has 0 bridgehead atoms. The van der Waals surface area contributed by atoms with E-state index >= 15 is 0 Å². The smallest absolute Gasteiger partial charge is 0.137 e. The monoisotopic (exact) mass is 211 g/mol. The largest absolute Gasteiger partial charge is 0.327 e. The molecular weight excluding hydrogens is 186 g/mol. The van der Waals surface area contributed by atoms with Crippen molar-refractivity contribution in [1.29, 1.82) is 0 Å². The highest BCUT2D eigenvalue weighted by Gasteiger charge is 2.26.